The highest BCUT2D eigenvalue weighted by Gasteiger charge is 2.28. The van der Waals surface area contributed by atoms with Gasteiger partial charge in [0.15, 0.2) is 0 Å². The van der Waals surface area contributed by atoms with E-state index in [0.717, 1.165) is 39.8 Å². The molecule has 2 aromatic rings. The Hall–Kier alpha value is -0.820. The molecule has 20 heavy (non-hydrogen) atoms. The Kier molecular flexibility index (Phi) is 3.90. The number of amides is 1. The van der Waals surface area contributed by atoms with Crippen molar-refractivity contribution < 1.29 is 4.79 Å². The van der Waals surface area contributed by atoms with Gasteiger partial charge in [0.05, 0.1) is 16.4 Å². The zero-order valence-electron chi connectivity index (χ0n) is 11.1. The summed E-state index contributed by atoms with van der Waals surface area (Å²) in [5.74, 6) is 0.832. The molecule has 1 N–H and O–H groups in total. The minimum atomic E-state index is -0.227. The van der Waals surface area contributed by atoms with Crippen LogP contribution >= 0.6 is 34.2 Å². The average molecular weight is 404 g/mol. The Morgan fingerprint density at radius 1 is 1.55 bits per heavy atom. The molecule has 1 aliphatic rings. The van der Waals surface area contributed by atoms with Gasteiger partial charge in [0.2, 0.25) is 5.91 Å². The van der Waals surface area contributed by atoms with E-state index in [1.165, 1.54) is 0 Å². The molecule has 6 heteroatoms. The number of hydrogen-bond acceptors (Lipinski definition) is 2. The maximum Gasteiger partial charge on any atom is 0.243 e. The van der Waals surface area contributed by atoms with Crippen LogP contribution in [0.3, 0.4) is 0 Å². The summed E-state index contributed by atoms with van der Waals surface area (Å²) in [6, 6.07) is 5.87. The summed E-state index contributed by atoms with van der Waals surface area (Å²) < 4.78 is 3.14. The van der Waals surface area contributed by atoms with Crippen LogP contribution in [0.15, 0.2) is 18.2 Å². The van der Waals surface area contributed by atoms with E-state index in [2.05, 4.69) is 32.9 Å². The Bertz CT molecular complexity index is 668. The molecule has 0 radical (unpaired) electrons. The number of fused-ring (bicyclic) bond motifs is 1. The van der Waals surface area contributed by atoms with Crippen LogP contribution in [0.2, 0.25) is 0 Å². The summed E-state index contributed by atoms with van der Waals surface area (Å²) in [6.45, 7) is 2.65. The van der Waals surface area contributed by atoms with Crippen molar-refractivity contribution >= 4 is 51.1 Å². The predicted molar refractivity (Wildman–Crippen MR) is 88.0 cm³/mol. The molecule has 0 saturated carbocycles. The molecule has 0 aliphatic carbocycles. The number of benzene rings is 1. The number of halogens is 2. The zero-order chi connectivity index (χ0) is 14.3. The molecular formula is C14H15ClIN3O. The fourth-order valence-corrected chi connectivity index (χ4v) is 3.33. The smallest absolute Gasteiger partial charge is 0.243 e. The summed E-state index contributed by atoms with van der Waals surface area (Å²) in [4.78, 5) is 16.8. The second-order valence-corrected chi connectivity index (χ2v) is 6.94. The van der Waals surface area contributed by atoms with E-state index in [1.807, 2.05) is 29.7 Å². The third-order valence-electron chi connectivity index (χ3n) is 3.60. The van der Waals surface area contributed by atoms with Gasteiger partial charge < -0.3 is 9.88 Å². The largest absolute Gasteiger partial charge is 0.354 e. The fourth-order valence-electron chi connectivity index (χ4n) is 2.70. The highest BCUT2D eigenvalue weighted by atomic mass is 127. The topological polar surface area (TPSA) is 46.9 Å². The van der Waals surface area contributed by atoms with Gasteiger partial charge in [0.1, 0.15) is 11.9 Å². The second-order valence-electron chi connectivity index (χ2n) is 5.04. The van der Waals surface area contributed by atoms with E-state index in [1.54, 1.807) is 0 Å². The van der Waals surface area contributed by atoms with Crippen LogP contribution in [-0.4, -0.2) is 22.0 Å². The van der Waals surface area contributed by atoms with Crippen LogP contribution in [0.5, 0.6) is 0 Å². The van der Waals surface area contributed by atoms with Crippen LogP contribution in [0.4, 0.5) is 0 Å². The van der Waals surface area contributed by atoms with Crippen molar-refractivity contribution in [2.24, 2.45) is 0 Å². The van der Waals surface area contributed by atoms with Crippen molar-refractivity contribution in [1.82, 2.24) is 14.9 Å². The number of nitrogens with zero attached hydrogens (tertiary/aromatic N) is 2. The van der Waals surface area contributed by atoms with Crippen molar-refractivity contribution in [1.29, 1.82) is 0 Å². The fraction of sp³-hybridized carbons (Fsp3) is 0.429. The van der Waals surface area contributed by atoms with Crippen LogP contribution < -0.4 is 5.32 Å². The van der Waals surface area contributed by atoms with Crippen LogP contribution in [0.1, 0.15) is 37.0 Å². The van der Waals surface area contributed by atoms with E-state index in [-0.39, 0.29) is 17.3 Å². The lowest BCUT2D eigenvalue weighted by Gasteiger charge is -2.25. The number of nitrogens with one attached hydrogen (secondary N) is 1. The second kappa shape index (κ2) is 5.52. The number of alkyl halides is 1. The van der Waals surface area contributed by atoms with Crippen LogP contribution in [0, 0.1) is 3.57 Å². The first kappa shape index (κ1) is 14.1. The molecule has 1 amide bonds. The first-order valence-corrected chi connectivity index (χ1v) is 8.18. The molecule has 2 heterocycles. The van der Waals surface area contributed by atoms with E-state index in [9.17, 15) is 4.79 Å². The zero-order valence-corrected chi connectivity index (χ0v) is 14.0. The van der Waals surface area contributed by atoms with Gasteiger partial charge in [-0.1, -0.05) is 0 Å². The Morgan fingerprint density at radius 3 is 3.05 bits per heavy atom. The van der Waals surface area contributed by atoms with Crippen LogP contribution in [-0.2, 0) is 4.79 Å². The number of piperidine rings is 1. The summed E-state index contributed by atoms with van der Waals surface area (Å²) >= 11 is 8.53. The molecule has 2 unspecified atom stereocenters. The number of rotatable bonds is 2. The molecule has 106 valence electrons. The molecule has 2 atom stereocenters. The average Bonchev–Trinajstić information content (AvgIpc) is 2.78. The maximum absolute atomic E-state index is 12.2. The van der Waals surface area contributed by atoms with Gasteiger partial charge in [-0.2, -0.15) is 0 Å². The lowest BCUT2D eigenvalue weighted by molar-refractivity contribution is -0.125. The van der Waals surface area contributed by atoms with Gasteiger partial charge in [0, 0.05) is 10.1 Å². The number of carbonyl (C=O) groups excluding carboxylic acids is 1. The lowest BCUT2D eigenvalue weighted by atomic mass is 10.1. The quantitative estimate of drug-likeness (QED) is 0.617. The number of imidazole rings is 1. The van der Waals surface area contributed by atoms with Crippen molar-refractivity contribution in [3.05, 3.63) is 27.6 Å². The lowest BCUT2D eigenvalue weighted by Crippen LogP contribution is -2.38. The first-order chi connectivity index (χ1) is 9.58. The Morgan fingerprint density at radius 2 is 2.35 bits per heavy atom. The van der Waals surface area contributed by atoms with Crippen molar-refractivity contribution in [3.63, 3.8) is 0 Å². The standard InChI is InChI=1S/C14H15ClIN3O/c1-8(15)13-18-10-7-9(16)4-5-11(10)19(13)12-3-2-6-17-14(12)20/h4-5,7-8,12H,2-3,6H2,1H3,(H,17,20). The molecule has 4 nitrogen and oxygen atoms in total. The third-order valence-corrected chi connectivity index (χ3v) is 4.47. The number of hydrogen-bond donors (Lipinski definition) is 1. The van der Waals surface area contributed by atoms with Crippen molar-refractivity contribution in [2.45, 2.75) is 31.2 Å². The van der Waals surface area contributed by atoms with Gasteiger partial charge in [-0.05, 0) is 60.6 Å². The summed E-state index contributed by atoms with van der Waals surface area (Å²) in [5, 5.41) is 2.70. The van der Waals surface area contributed by atoms with Gasteiger partial charge >= 0.3 is 0 Å². The minimum Gasteiger partial charge on any atom is -0.354 e. The van der Waals surface area contributed by atoms with Gasteiger partial charge in [-0.3, -0.25) is 4.79 Å². The third kappa shape index (κ3) is 2.41. The van der Waals surface area contributed by atoms with Crippen molar-refractivity contribution in [3.8, 4) is 0 Å². The Balaban J connectivity index is 2.20. The molecule has 0 spiro atoms. The van der Waals surface area contributed by atoms with E-state index < -0.39 is 0 Å². The minimum absolute atomic E-state index is 0.0627. The monoisotopic (exact) mass is 403 g/mol. The number of carbonyl (C=O) groups is 1. The van der Waals surface area contributed by atoms with E-state index in [4.69, 9.17) is 11.6 Å². The van der Waals surface area contributed by atoms with Crippen LogP contribution in [0.25, 0.3) is 11.0 Å². The SMILES string of the molecule is CC(Cl)c1nc2cc(I)ccc2n1C1CCCNC1=O. The maximum atomic E-state index is 12.2. The highest BCUT2D eigenvalue weighted by molar-refractivity contribution is 14.1. The predicted octanol–water partition coefficient (Wildman–Crippen LogP) is 3.39. The summed E-state index contributed by atoms with van der Waals surface area (Å²) in [6.07, 6.45) is 1.82. The molecule has 1 aromatic carbocycles. The molecule has 1 fully saturated rings. The normalized spacial score (nSPS) is 20.9. The molecule has 3 rings (SSSR count). The molecule has 1 aliphatic heterocycles. The van der Waals surface area contributed by atoms with Gasteiger partial charge in [0.25, 0.3) is 0 Å². The van der Waals surface area contributed by atoms with E-state index in [0.29, 0.717) is 0 Å². The molecule has 0 bridgehead atoms. The van der Waals surface area contributed by atoms with Gasteiger partial charge in [-0.15, -0.1) is 11.6 Å². The molecule has 1 aromatic heterocycles. The molecule has 1 saturated heterocycles. The molecular weight excluding hydrogens is 389 g/mol. The summed E-state index contributed by atoms with van der Waals surface area (Å²) in [7, 11) is 0. The van der Waals surface area contributed by atoms with Gasteiger partial charge in [-0.25, -0.2) is 4.98 Å². The van der Waals surface area contributed by atoms with Crippen molar-refractivity contribution in [2.75, 3.05) is 6.54 Å². The highest BCUT2D eigenvalue weighted by Crippen LogP contribution is 2.31. The summed E-state index contributed by atoms with van der Waals surface area (Å²) in [5.41, 5.74) is 1.88. The first-order valence-electron chi connectivity index (χ1n) is 6.67. The Labute approximate surface area is 136 Å². The van der Waals surface area contributed by atoms with E-state index >= 15 is 0 Å². The number of aromatic nitrogens is 2.